The van der Waals surface area contributed by atoms with Crippen LogP contribution in [0.3, 0.4) is 0 Å². The van der Waals surface area contributed by atoms with Crippen LogP contribution in [0.4, 0.5) is 0 Å². The number of nitrogens with one attached hydrogen (secondary N) is 2. The van der Waals surface area contributed by atoms with Crippen molar-refractivity contribution in [1.82, 2.24) is 10.6 Å². The van der Waals surface area contributed by atoms with Gasteiger partial charge in [0.15, 0.2) is 0 Å². The first-order chi connectivity index (χ1) is 13.1. The highest BCUT2D eigenvalue weighted by molar-refractivity contribution is 7.81. The Bertz CT molecular complexity index is 897. The molecule has 5 rings (SSSR count). The van der Waals surface area contributed by atoms with Crippen LogP contribution in [-0.2, 0) is 0 Å². The minimum absolute atomic E-state index is 0.196. The van der Waals surface area contributed by atoms with Crippen molar-refractivity contribution in [1.29, 1.82) is 0 Å². The molecule has 27 heavy (non-hydrogen) atoms. The number of thiol groups is 1. The van der Waals surface area contributed by atoms with E-state index >= 15 is 0 Å². The topological polar surface area (TPSA) is 33.3 Å². The van der Waals surface area contributed by atoms with E-state index in [-0.39, 0.29) is 6.17 Å². The molecule has 2 atom stereocenters. The van der Waals surface area contributed by atoms with E-state index in [1.165, 1.54) is 34.2 Å². The Labute approximate surface area is 166 Å². The molecule has 0 bridgehead atoms. The van der Waals surface area contributed by atoms with Crippen molar-refractivity contribution in [2.24, 2.45) is 5.92 Å². The van der Waals surface area contributed by atoms with E-state index in [0.717, 1.165) is 24.6 Å². The molecule has 1 saturated heterocycles. The maximum Gasteiger partial charge on any atom is 0.134 e. The van der Waals surface area contributed by atoms with Crippen LogP contribution in [0, 0.1) is 12.8 Å². The number of hydrogen-bond acceptors (Lipinski definition) is 4. The molecular weight excluding hydrogens is 352 g/mol. The number of benzene rings is 2. The van der Waals surface area contributed by atoms with Crippen LogP contribution in [0.25, 0.3) is 5.76 Å². The van der Waals surface area contributed by atoms with Crippen LogP contribution in [0.1, 0.15) is 47.7 Å². The summed E-state index contributed by atoms with van der Waals surface area (Å²) in [6.07, 6.45) is 1.40. The third kappa shape index (κ3) is 3.00. The molecular formula is C23H26N2OS. The summed E-state index contributed by atoms with van der Waals surface area (Å²) in [5.41, 5.74) is 6.56. The van der Waals surface area contributed by atoms with E-state index in [1.807, 2.05) is 0 Å². The Morgan fingerprint density at radius 1 is 1.04 bits per heavy atom. The van der Waals surface area contributed by atoms with Crippen molar-refractivity contribution in [3.63, 3.8) is 0 Å². The fourth-order valence-electron chi connectivity index (χ4n) is 4.57. The maximum absolute atomic E-state index is 6.45. The van der Waals surface area contributed by atoms with Gasteiger partial charge in [-0.3, -0.25) is 10.6 Å². The van der Waals surface area contributed by atoms with Gasteiger partial charge in [0.2, 0.25) is 0 Å². The van der Waals surface area contributed by atoms with Gasteiger partial charge < -0.3 is 4.74 Å². The van der Waals surface area contributed by atoms with Gasteiger partial charge in [-0.1, -0.05) is 42.8 Å². The number of hydrogen-bond donors (Lipinski definition) is 3. The summed E-state index contributed by atoms with van der Waals surface area (Å²) in [7, 11) is 0. The Morgan fingerprint density at radius 3 is 2.48 bits per heavy atom. The molecule has 0 aromatic heterocycles. The Balaban J connectivity index is 1.49. The average Bonchev–Trinajstić information content (AvgIpc) is 2.67. The number of aryl methyl sites for hydroxylation is 1. The number of ether oxygens (including phenoxy) is 1. The monoisotopic (exact) mass is 378 g/mol. The maximum atomic E-state index is 6.45. The lowest BCUT2D eigenvalue weighted by atomic mass is 9.65. The van der Waals surface area contributed by atoms with Gasteiger partial charge in [0, 0.05) is 35.4 Å². The van der Waals surface area contributed by atoms with Gasteiger partial charge in [-0.05, 0) is 42.5 Å². The van der Waals surface area contributed by atoms with Crippen LogP contribution >= 0.6 is 12.6 Å². The van der Waals surface area contributed by atoms with Crippen molar-refractivity contribution in [3.05, 3.63) is 70.3 Å². The fraction of sp³-hybridized carbons (Fsp3) is 0.391. The first-order valence-corrected chi connectivity index (χ1v) is 10.4. The predicted molar refractivity (Wildman–Crippen MR) is 113 cm³/mol. The molecule has 140 valence electrons. The van der Waals surface area contributed by atoms with E-state index < -0.39 is 0 Å². The van der Waals surface area contributed by atoms with Crippen LogP contribution in [0.2, 0.25) is 0 Å². The van der Waals surface area contributed by atoms with Gasteiger partial charge in [0.1, 0.15) is 11.5 Å². The first-order valence-electron chi connectivity index (χ1n) is 9.88. The summed E-state index contributed by atoms with van der Waals surface area (Å²) in [4.78, 5) is 0. The second-order valence-electron chi connectivity index (χ2n) is 8.14. The molecule has 2 aromatic carbocycles. The van der Waals surface area contributed by atoms with Crippen LogP contribution in [-0.4, -0.2) is 18.3 Å². The average molecular weight is 379 g/mol. The summed E-state index contributed by atoms with van der Waals surface area (Å²) in [5.74, 6) is 3.16. The number of rotatable bonds is 2. The lowest BCUT2D eigenvalue weighted by Gasteiger charge is -2.43. The van der Waals surface area contributed by atoms with Crippen LogP contribution < -0.4 is 15.4 Å². The van der Waals surface area contributed by atoms with Crippen molar-refractivity contribution in [2.45, 2.75) is 37.6 Å². The minimum atomic E-state index is 0.196. The predicted octanol–water partition coefficient (Wildman–Crippen LogP) is 4.41. The third-order valence-corrected chi connectivity index (χ3v) is 6.51. The normalized spacial score (nSPS) is 29.4. The van der Waals surface area contributed by atoms with E-state index in [9.17, 15) is 0 Å². The molecule has 2 aromatic rings. The molecule has 2 heterocycles. The molecule has 2 unspecified atom stereocenters. The SMILES string of the molecule is Cc1ccc(C2=C3C(C)CC3c3cc(C4NCC(S)CN4)ccc3O2)cc1. The van der Waals surface area contributed by atoms with Gasteiger partial charge in [-0.2, -0.15) is 12.6 Å². The van der Waals surface area contributed by atoms with Gasteiger partial charge >= 0.3 is 0 Å². The molecule has 0 radical (unpaired) electrons. The smallest absolute Gasteiger partial charge is 0.134 e. The lowest BCUT2D eigenvalue weighted by Crippen LogP contribution is -2.47. The van der Waals surface area contributed by atoms with E-state index in [2.05, 4.69) is 79.6 Å². The highest BCUT2D eigenvalue weighted by atomic mass is 32.1. The second kappa shape index (κ2) is 6.69. The lowest BCUT2D eigenvalue weighted by molar-refractivity contribution is 0.358. The molecule has 0 spiro atoms. The largest absolute Gasteiger partial charge is 0.456 e. The Hall–Kier alpha value is -1.75. The van der Waals surface area contributed by atoms with Crippen molar-refractivity contribution < 1.29 is 4.74 Å². The quantitative estimate of drug-likeness (QED) is 0.677. The standard InChI is InChI=1S/C23H26N2OS/c1-13-3-5-15(6-4-13)22-21-14(2)9-19(21)18-10-16(7-8-20(18)26-22)23-24-11-17(27)12-25-23/h3-8,10,14,17,19,23-25,27H,9,11-12H2,1-2H3. The second-order valence-corrected chi connectivity index (χ2v) is 8.87. The zero-order valence-corrected chi connectivity index (χ0v) is 16.7. The van der Waals surface area contributed by atoms with Crippen LogP contribution in [0.5, 0.6) is 5.75 Å². The molecule has 2 fully saturated rings. The number of allylic oxidation sites excluding steroid dienone is 1. The van der Waals surface area contributed by atoms with E-state index in [0.29, 0.717) is 17.1 Å². The zero-order valence-electron chi connectivity index (χ0n) is 15.8. The fourth-order valence-corrected chi connectivity index (χ4v) is 4.78. The van der Waals surface area contributed by atoms with Crippen molar-refractivity contribution in [2.75, 3.05) is 13.1 Å². The number of fused-ring (bicyclic) bond motifs is 3. The molecule has 1 saturated carbocycles. The minimum Gasteiger partial charge on any atom is -0.456 e. The zero-order chi connectivity index (χ0) is 18.5. The van der Waals surface area contributed by atoms with E-state index in [1.54, 1.807) is 0 Å². The first kappa shape index (κ1) is 17.4. The highest BCUT2D eigenvalue weighted by Gasteiger charge is 2.41. The summed E-state index contributed by atoms with van der Waals surface area (Å²) in [6, 6.07) is 15.4. The molecule has 1 aliphatic carbocycles. The summed E-state index contributed by atoms with van der Waals surface area (Å²) >= 11 is 4.54. The third-order valence-electron chi connectivity index (χ3n) is 6.14. The Morgan fingerprint density at radius 2 is 1.78 bits per heavy atom. The summed E-state index contributed by atoms with van der Waals surface area (Å²) in [6.45, 7) is 6.29. The van der Waals surface area contributed by atoms with Crippen molar-refractivity contribution >= 4 is 18.4 Å². The molecule has 4 heteroatoms. The molecule has 2 aliphatic heterocycles. The molecule has 2 N–H and O–H groups in total. The van der Waals surface area contributed by atoms with Crippen LogP contribution in [0.15, 0.2) is 48.0 Å². The van der Waals surface area contributed by atoms with Gasteiger partial charge in [0.05, 0.1) is 6.17 Å². The van der Waals surface area contributed by atoms with Gasteiger partial charge in [-0.15, -0.1) is 0 Å². The van der Waals surface area contributed by atoms with Gasteiger partial charge in [0.25, 0.3) is 0 Å². The Kier molecular flexibility index (Phi) is 4.30. The summed E-state index contributed by atoms with van der Waals surface area (Å²) in [5, 5.41) is 7.46. The van der Waals surface area contributed by atoms with E-state index in [4.69, 9.17) is 4.74 Å². The van der Waals surface area contributed by atoms with Crippen molar-refractivity contribution in [3.8, 4) is 5.75 Å². The molecule has 3 aliphatic rings. The molecule has 0 amide bonds. The summed E-state index contributed by atoms with van der Waals surface area (Å²) < 4.78 is 6.45. The molecule has 3 nitrogen and oxygen atoms in total. The van der Waals surface area contributed by atoms with Gasteiger partial charge in [-0.25, -0.2) is 0 Å². The highest BCUT2D eigenvalue weighted by Crippen LogP contribution is 2.56.